The first-order valence-electron chi connectivity index (χ1n) is 21.7. The van der Waals surface area contributed by atoms with Crippen LogP contribution in [0.15, 0.2) is 102 Å². The second-order valence-electron chi connectivity index (χ2n) is 15.2. The number of anilines is 3. The molecule has 1 saturated heterocycles. The molecule has 3 aromatic carbocycles. The van der Waals surface area contributed by atoms with Crippen LogP contribution in [-0.4, -0.2) is 50.1 Å². The Kier molecular flexibility index (Phi) is 20.4. The average Bonchev–Trinajstić information content (AvgIpc) is 3.48. The molecule has 3 aromatic rings. The zero-order chi connectivity index (χ0) is 41.4. The highest BCUT2D eigenvalue weighted by Gasteiger charge is 2.42. The lowest BCUT2D eigenvalue weighted by molar-refractivity contribution is -0.143. The van der Waals surface area contributed by atoms with Crippen LogP contribution in [0.1, 0.15) is 129 Å². The zero-order valence-electron chi connectivity index (χ0n) is 35.2. The number of ether oxygens (including phenoxy) is 2. The van der Waals surface area contributed by atoms with Gasteiger partial charge in [-0.3, -0.25) is 19.2 Å². The Labute approximate surface area is 347 Å². The van der Waals surface area contributed by atoms with E-state index in [2.05, 4.69) is 13.8 Å². The number of rotatable bonds is 27. The van der Waals surface area contributed by atoms with Crippen molar-refractivity contribution in [1.82, 2.24) is 0 Å². The van der Waals surface area contributed by atoms with E-state index in [1.165, 1.54) is 74.2 Å². The van der Waals surface area contributed by atoms with Gasteiger partial charge in [0, 0.05) is 5.69 Å². The molecule has 0 saturated carbocycles. The molecule has 0 aliphatic carbocycles. The highest BCUT2D eigenvalue weighted by molar-refractivity contribution is 6.36. The summed E-state index contributed by atoms with van der Waals surface area (Å²) >= 11 is 0. The van der Waals surface area contributed by atoms with Gasteiger partial charge < -0.3 is 14.4 Å². The molecule has 0 radical (unpaired) electrons. The zero-order valence-corrected chi connectivity index (χ0v) is 35.2. The molecular weight excluding hydrogens is 727 g/mol. The lowest BCUT2D eigenvalue weighted by Crippen LogP contribution is -2.41. The molecule has 58 heavy (non-hydrogen) atoms. The largest absolute Gasteiger partial charge is 0.464 e. The number of carbonyl (C=O) groups is 4. The van der Waals surface area contributed by atoms with Gasteiger partial charge in [0.1, 0.15) is 18.7 Å². The van der Waals surface area contributed by atoms with Gasteiger partial charge in [0.15, 0.2) is 0 Å². The van der Waals surface area contributed by atoms with Gasteiger partial charge in [-0.2, -0.15) is 0 Å². The van der Waals surface area contributed by atoms with Gasteiger partial charge in [0.2, 0.25) is 0 Å². The van der Waals surface area contributed by atoms with E-state index < -0.39 is 11.8 Å². The van der Waals surface area contributed by atoms with Crippen LogP contribution in [0, 0.1) is 0 Å². The van der Waals surface area contributed by atoms with E-state index >= 15 is 0 Å². The second-order valence-corrected chi connectivity index (χ2v) is 15.2. The maximum absolute atomic E-state index is 13.8. The molecule has 1 aliphatic rings. The van der Waals surface area contributed by atoms with Crippen molar-refractivity contribution in [2.45, 2.75) is 124 Å². The Morgan fingerprint density at radius 1 is 0.552 bits per heavy atom. The molecule has 1 heterocycles. The lowest BCUT2D eigenvalue weighted by atomic mass is 10.1. The SMILES string of the molecule is CCCCCCCCCCOC(=O)CN(CC(=O)OCCCCCCCCCC)c1ccc(C=C(C)C=C2C(=O)N(c3ccccc3)N(c3ccccc3)C2=O)cc1. The fraction of sp³-hybridized carbons (Fsp3) is 0.469. The topological polar surface area (TPSA) is 96.5 Å². The summed E-state index contributed by atoms with van der Waals surface area (Å²) < 4.78 is 11.2. The van der Waals surface area contributed by atoms with E-state index in [1.807, 2.05) is 73.7 Å². The third-order valence-corrected chi connectivity index (χ3v) is 10.2. The van der Waals surface area contributed by atoms with Crippen molar-refractivity contribution >= 4 is 46.9 Å². The Morgan fingerprint density at radius 3 is 1.36 bits per heavy atom. The van der Waals surface area contributed by atoms with E-state index in [9.17, 15) is 19.2 Å². The fourth-order valence-corrected chi connectivity index (χ4v) is 7.03. The summed E-state index contributed by atoms with van der Waals surface area (Å²) in [7, 11) is 0. The van der Waals surface area contributed by atoms with E-state index in [1.54, 1.807) is 35.2 Å². The van der Waals surface area contributed by atoms with Gasteiger partial charge in [0.05, 0.1) is 24.6 Å². The molecule has 4 rings (SSSR count). The summed E-state index contributed by atoms with van der Waals surface area (Å²) in [5, 5.41) is 2.81. The van der Waals surface area contributed by atoms with Crippen LogP contribution in [0.2, 0.25) is 0 Å². The summed E-state index contributed by atoms with van der Waals surface area (Å²) in [5.74, 6) is -1.60. The van der Waals surface area contributed by atoms with Crippen LogP contribution in [0.3, 0.4) is 0 Å². The minimum absolute atomic E-state index is 0.0558. The number of hydrazine groups is 1. The van der Waals surface area contributed by atoms with Crippen molar-refractivity contribution in [2.24, 2.45) is 0 Å². The Balaban J connectivity index is 1.40. The smallest absolute Gasteiger partial charge is 0.325 e. The molecule has 9 heteroatoms. The quantitative estimate of drug-likeness (QED) is 0.0328. The fourth-order valence-electron chi connectivity index (χ4n) is 7.03. The molecule has 312 valence electrons. The molecule has 0 spiro atoms. The Hall–Kier alpha value is -5.18. The van der Waals surface area contributed by atoms with Gasteiger partial charge in [-0.15, -0.1) is 0 Å². The minimum atomic E-state index is -0.414. The van der Waals surface area contributed by atoms with Crippen molar-refractivity contribution in [1.29, 1.82) is 0 Å². The van der Waals surface area contributed by atoms with Crippen molar-refractivity contribution in [3.63, 3.8) is 0 Å². The van der Waals surface area contributed by atoms with Crippen LogP contribution in [0.25, 0.3) is 6.08 Å². The first kappa shape index (κ1) is 45.5. The lowest BCUT2D eigenvalue weighted by Gasteiger charge is -2.27. The first-order valence-corrected chi connectivity index (χ1v) is 21.7. The van der Waals surface area contributed by atoms with Gasteiger partial charge in [-0.05, 0) is 73.4 Å². The summed E-state index contributed by atoms with van der Waals surface area (Å²) in [4.78, 5) is 55.3. The normalized spacial score (nSPS) is 12.9. The summed E-state index contributed by atoms with van der Waals surface area (Å²) in [6, 6.07) is 25.7. The standard InChI is InChI=1S/C49H65N3O6/c1-4-6-8-10-12-14-16-24-34-57-46(53)38-50(39-47(54)58-35-25-17-15-13-11-9-7-5-2)42-32-30-41(31-33-42)36-40(3)37-45-48(55)51(43-26-20-18-21-27-43)52(49(45)56)44-28-22-19-23-29-44/h18-23,26-33,36-37H,4-17,24-25,34-35,38-39H2,1-3H3. The van der Waals surface area contributed by atoms with E-state index in [0.29, 0.717) is 35.8 Å². The summed E-state index contributed by atoms with van der Waals surface area (Å²) in [6.45, 7) is 6.84. The highest BCUT2D eigenvalue weighted by atomic mass is 16.5. The summed E-state index contributed by atoms with van der Waals surface area (Å²) in [5.41, 5.74) is 3.44. The minimum Gasteiger partial charge on any atom is -0.464 e. The van der Waals surface area contributed by atoms with Crippen molar-refractivity contribution in [3.8, 4) is 0 Å². The number of benzene rings is 3. The van der Waals surface area contributed by atoms with E-state index in [0.717, 1.165) is 44.1 Å². The maximum atomic E-state index is 13.8. The van der Waals surface area contributed by atoms with Crippen molar-refractivity contribution in [3.05, 3.63) is 108 Å². The number of amides is 2. The molecule has 0 unspecified atom stereocenters. The van der Waals surface area contributed by atoms with Gasteiger partial charge in [-0.25, -0.2) is 10.0 Å². The Morgan fingerprint density at radius 2 is 0.948 bits per heavy atom. The third-order valence-electron chi connectivity index (χ3n) is 10.2. The monoisotopic (exact) mass is 791 g/mol. The highest BCUT2D eigenvalue weighted by Crippen LogP contribution is 2.32. The van der Waals surface area contributed by atoms with Crippen LogP contribution in [0.5, 0.6) is 0 Å². The molecule has 0 atom stereocenters. The molecule has 0 aromatic heterocycles. The second kappa shape index (κ2) is 25.9. The van der Waals surface area contributed by atoms with E-state index in [-0.39, 0.29) is 30.6 Å². The maximum Gasteiger partial charge on any atom is 0.325 e. The van der Waals surface area contributed by atoms with E-state index in [4.69, 9.17) is 9.47 Å². The average molecular weight is 792 g/mol. The molecule has 2 amide bonds. The number of carbonyl (C=O) groups excluding carboxylic acids is 4. The van der Waals surface area contributed by atoms with Crippen LogP contribution in [-0.2, 0) is 28.7 Å². The van der Waals surface area contributed by atoms with Crippen molar-refractivity contribution < 1.29 is 28.7 Å². The molecule has 0 bridgehead atoms. The number of unbranched alkanes of at least 4 members (excludes halogenated alkanes) is 14. The number of hydrogen-bond donors (Lipinski definition) is 0. The summed E-state index contributed by atoms with van der Waals surface area (Å²) in [6.07, 6.45) is 22.0. The third kappa shape index (κ3) is 15.3. The molecular formula is C49H65N3O6. The Bertz CT molecular complexity index is 1660. The number of para-hydroxylation sites is 2. The van der Waals surface area contributed by atoms with Crippen LogP contribution < -0.4 is 14.9 Å². The number of esters is 2. The predicted octanol–water partition coefficient (Wildman–Crippen LogP) is 11.2. The number of allylic oxidation sites excluding steroid dienone is 2. The van der Waals surface area contributed by atoms with Gasteiger partial charge in [0.25, 0.3) is 11.8 Å². The van der Waals surface area contributed by atoms with Crippen LogP contribution >= 0.6 is 0 Å². The van der Waals surface area contributed by atoms with Crippen molar-refractivity contribution in [2.75, 3.05) is 41.2 Å². The molecule has 1 fully saturated rings. The van der Waals surface area contributed by atoms with Crippen LogP contribution in [0.4, 0.5) is 17.1 Å². The van der Waals surface area contributed by atoms with Gasteiger partial charge in [-0.1, -0.05) is 158 Å². The number of hydrogen-bond acceptors (Lipinski definition) is 7. The first-order chi connectivity index (χ1) is 28.3. The number of nitrogens with zero attached hydrogens (tertiary/aromatic N) is 3. The molecule has 0 N–H and O–H groups in total. The molecule has 1 aliphatic heterocycles. The predicted molar refractivity (Wildman–Crippen MR) is 235 cm³/mol. The molecule has 9 nitrogen and oxygen atoms in total. The van der Waals surface area contributed by atoms with Gasteiger partial charge >= 0.3 is 11.9 Å².